The monoisotopic (exact) mass is 262 g/mol. The summed E-state index contributed by atoms with van der Waals surface area (Å²) in [7, 11) is 0. The summed E-state index contributed by atoms with van der Waals surface area (Å²) in [6.45, 7) is 9.05. The molecule has 0 N–H and O–H groups in total. The first-order chi connectivity index (χ1) is 8.88. The molecule has 1 spiro atoms. The van der Waals surface area contributed by atoms with Crippen LogP contribution in [0.15, 0.2) is 12.2 Å². The lowest BCUT2D eigenvalue weighted by atomic mass is 9.48. The molecule has 108 valence electrons. The Morgan fingerprint density at radius 1 is 1.26 bits per heavy atom. The molecule has 0 saturated heterocycles. The lowest BCUT2D eigenvalue weighted by Gasteiger charge is -2.56. The van der Waals surface area contributed by atoms with E-state index in [4.69, 9.17) is 0 Å². The predicted octanol–water partition coefficient (Wildman–Crippen LogP) is 5.15. The van der Waals surface area contributed by atoms with E-state index in [1.165, 1.54) is 32.1 Å². The van der Waals surface area contributed by atoms with Crippen LogP contribution in [0.5, 0.6) is 0 Å². The van der Waals surface area contributed by atoms with Crippen molar-refractivity contribution in [1.29, 1.82) is 0 Å². The van der Waals surface area contributed by atoms with Crippen LogP contribution in [0.25, 0.3) is 0 Å². The summed E-state index contributed by atoms with van der Waals surface area (Å²) >= 11 is 0. The van der Waals surface area contributed by atoms with Crippen molar-refractivity contribution in [2.24, 2.45) is 22.7 Å². The highest BCUT2D eigenvalue weighted by Crippen LogP contribution is 2.60. The Kier molecular flexibility index (Phi) is 4.23. The van der Waals surface area contributed by atoms with Gasteiger partial charge in [0, 0.05) is 6.42 Å². The van der Waals surface area contributed by atoms with Gasteiger partial charge in [-0.15, -0.1) is 0 Å². The van der Waals surface area contributed by atoms with Crippen molar-refractivity contribution in [2.45, 2.75) is 72.6 Å². The SMILES string of the molecule is CC(=O)CCC1C(C)(C)CCCC12CC=CCC2C. The molecule has 0 heterocycles. The van der Waals surface area contributed by atoms with Gasteiger partial charge in [-0.3, -0.25) is 0 Å². The van der Waals surface area contributed by atoms with E-state index in [-0.39, 0.29) is 0 Å². The lowest BCUT2D eigenvalue weighted by molar-refractivity contribution is -0.119. The minimum absolute atomic E-state index is 0.357. The Balaban J connectivity index is 2.27. The molecule has 0 bridgehead atoms. The average Bonchev–Trinajstić information content (AvgIpc) is 2.31. The summed E-state index contributed by atoms with van der Waals surface area (Å²) in [4.78, 5) is 11.4. The molecule has 2 rings (SSSR count). The zero-order valence-electron chi connectivity index (χ0n) is 13.2. The van der Waals surface area contributed by atoms with Gasteiger partial charge in [0.1, 0.15) is 5.78 Å². The van der Waals surface area contributed by atoms with Gasteiger partial charge in [-0.2, -0.15) is 0 Å². The van der Waals surface area contributed by atoms with E-state index in [0.29, 0.717) is 22.5 Å². The Labute approximate surface area is 118 Å². The molecule has 0 aromatic rings. The second-order valence-electron chi connectivity index (χ2n) is 7.68. The number of carbonyl (C=O) groups excluding carboxylic acids is 1. The first-order valence-electron chi connectivity index (χ1n) is 8.03. The molecular weight excluding hydrogens is 232 g/mol. The van der Waals surface area contributed by atoms with Gasteiger partial charge in [-0.25, -0.2) is 0 Å². The average molecular weight is 262 g/mol. The van der Waals surface area contributed by atoms with Crippen LogP contribution < -0.4 is 0 Å². The van der Waals surface area contributed by atoms with E-state index >= 15 is 0 Å². The highest BCUT2D eigenvalue weighted by molar-refractivity contribution is 5.75. The van der Waals surface area contributed by atoms with Gasteiger partial charge in [0.25, 0.3) is 0 Å². The van der Waals surface area contributed by atoms with Gasteiger partial charge in [-0.05, 0) is 61.7 Å². The fourth-order valence-corrected chi connectivity index (χ4v) is 4.90. The van der Waals surface area contributed by atoms with Crippen molar-refractivity contribution in [3.63, 3.8) is 0 Å². The molecule has 2 aliphatic rings. The van der Waals surface area contributed by atoms with Crippen LogP contribution in [0.2, 0.25) is 0 Å². The molecular formula is C18H30O. The molecule has 0 aromatic heterocycles. The number of hydrogen-bond acceptors (Lipinski definition) is 1. The third-order valence-electron chi connectivity index (χ3n) is 6.02. The van der Waals surface area contributed by atoms with Crippen LogP contribution in [-0.2, 0) is 4.79 Å². The summed E-state index contributed by atoms with van der Waals surface area (Å²) in [6.07, 6.45) is 13.2. The number of rotatable bonds is 3. The minimum atomic E-state index is 0.357. The summed E-state index contributed by atoms with van der Waals surface area (Å²) in [5.74, 6) is 1.84. The topological polar surface area (TPSA) is 17.1 Å². The third kappa shape index (κ3) is 2.80. The fraction of sp³-hybridized carbons (Fsp3) is 0.833. The van der Waals surface area contributed by atoms with E-state index in [1.54, 1.807) is 6.92 Å². The predicted molar refractivity (Wildman–Crippen MR) is 81.0 cm³/mol. The highest BCUT2D eigenvalue weighted by atomic mass is 16.1. The van der Waals surface area contributed by atoms with Gasteiger partial charge >= 0.3 is 0 Å². The molecule has 0 aliphatic heterocycles. The Morgan fingerprint density at radius 2 is 2.00 bits per heavy atom. The van der Waals surface area contributed by atoms with Gasteiger partial charge in [0.05, 0.1) is 0 Å². The second kappa shape index (κ2) is 5.42. The minimum Gasteiger partial charge on any atom is -0.300 e. The standard InChI is InChI=1S/C18H30O/c1-14-8-5-6-12-18(14)13-7-11-17(3,4)16(18)10-9-15(2)19/h5-6,14,16H,7-13H2,1-4H3. The smallest absolute Gasteiger partial charge is 0.129 e. The molecule has 0 aromatic carbocycles. The quantitative estimate of drug-likeness (QED) is 0.642. The summed E-state index contributed by atoms with van der Waals surface area (Å²) < 4.78 is 0. The van der Waals surface area contributed by atoms with Crippen LogP contribution >= 0.6 is 0 Å². The van der Waals surface area contributed by atoms with Crippen LogP contribution in [0, 0.1) is 22.7 Å². The van der Waals surface area contributed by atoms with Gasteiger partial charge in [0.2, 0.25) is 0 Å². The molecule has 3 atom stereocenters. The molecule has 0 amide bonds. The molecule has 1 fully saturated rings. The molecule has 0 radical (unpaired) electrons. The van der Waals surface area contributed by atoms with Crippen molar-refractivity contribution in [3.8, 4) is 0 Å². The van der Waals surface area contributed by atoms with Crippen LogP contribution in [0.3, 0.4) is 0 Å². The van der Waals surface area contributed by atoms with E-state index in [0.717, 1.165) is 18.8 Å². The van der Waals surface area contributed by atoms with Gasteiger partial charge in [0.15, 0.2) is 0 Å². The van der Waals surface area contributed by atoms with E-state index < -0.39 is 0 Å². The van der Waals surface area contributed by atoms with Crippen LogP contribution in [-0.4, -0.2) is 5.78 Å². The van der Waals surface area contributed by atoms with Gasteiger partial charge < -0.3 is 4.79 Å². The van der Waals surface area contributed by atoms with Crippen LogP contribution in [0.4, 0.5) is 0 Å². The number of hydrogen-bond donors (Lipinski definition) is 0. The summed E-state index contributed by atoms with van der Waals surface area (Å²) in [5, 5.41) is 0. The highest BCUT2D eigenvalue weighted by Gasteiger charge is 2.51. The Morgan fingerprint density at radius 3 is 2.63 bits per heavy atom. The third-order valence-corrected chi connectivity index (χ3v) is 6.02. The second-order valence-corrected chi connectivity index (χ2v) is 7.68. The summed E-state index contributed by atoms with van der Waals surface area (Å²) in [5.41, 5.74) is 0.860. The van der Waals surface area contributed by atoms with E-state index in [9.17, 15) is 4.79 Å². The molecule has 2 aliphatic carbocycles. The molecule has 19 heavy (non-hydrogen) atoms. The van der Waals surface area contributed by atoms with E-state index in [2.05, 4.69) is 32.9 Å². The van der Waals surface area contributed by atoms with Crippen molar-refractivity contribution < 1.29 is 4.79 Å². The number of allylic oxidation sites excluding steroid dienone is 2. The van der Waals surface area contributed by atoms with Crippen molar-refractivity contribution in [2.75, 3.05) is 0 Å². The normalized spacial score (nSPS) is 37.5. The number of ketones is 1. The molecule has 1 nitrogen and oxygen atoms in total. The first-order valence-corrected chi connectivity index (χ1v) is 8.03. The summed E-state index contributed by atoms with van der Waals surface area (Å²) in [6, 6.07) is 0. The Hall–Kier alpha value is -0.590. The number of carbonyl (C=O) groups is 1. The zero-order valence-corrected chi connectivity index (χ0v) is 13.2. The molecule has 1 heteroatoms. The molecule has 3 unspecified atom stereocenters. The largest absolute Gasteiger partial charge is 0.300 e. The Bertz CT molecular complexity index is 366. The van der Waals surface area contributed by atoms with Crippen LogP contribution in [0.1, 0.15) is 72.6 Å². The first kappa shape index (κ1) is 14.8. The van der Waals surface area contributed by atoms with Crippen molar-refractivity contribution in [3.05, 3.63) is 12.2 Å². The maximum absolute atomic E-state index is 11.4. The van der Waals surface area contributed by atoms with Crippen molar-refractivity contribution in [1.82, 2.24) is 0 Å². The fourth-order valence-electron chi connectivity index (χ4n) is 4.90. The zero-order chi connectivity index (χ0) is 14.1. The molecule has 1 saturated carbocycles. The van der Waals surface area contributed by atoms with E-state index in [1.807, 2.05) is 0 Å². The lowest BCUT2D eigenvalue weighted by Crippen LogP contribution is -2.48. The maximum Gasteiger partial charge on any atom is 0.129 e. The van der Waals surface area contributed by atoms with Gasteiger partial charge in [-0.1, -0.05) is 39.3 Å². The maximum atomic E-state index is 11.4. The number of Topliss-reactive ketones (excluding diaryl/α,β-unsaturated/α-hetero) is 1. The van der Waals surface area contributed by atoms with Crippen molar-refractivity contribution >= 4 is 5.78 Å².